The van der Waals surface area contributed by atoms with E-state index in [-0.39, 0.29) is 16.1 Å². The minimum Gasteiger partial charge on any atom is -0.465 e. The van der Waals surface area contributed by atoms with Gasteiger partial charge < -0.3 is 14.8 Å². The van der Waals surface area contributed by atoms with Crippen LogP contribution in [-0.4, -0.2) is 47.7 Å². The van der Waals surface area contributed by atoms with Gasteiger partial charge in [0.15, 0.2) is 0 Å². The van der Waals surface area contributed by atoms with E-state index in [0.29, 0.717) is 18.7 Å². The van der Waals surface area contributed by atoms with E-state index in [9.17, 15) is 18.0 Å². The summed E-state index contributed by atoms with van der Waals surface area (Å²) in [7, 11) is -1.13. The maximum Gasteiger partial charge on any atom is 0.337 e. The number of ether oxygens (including phenoxy) is 2. The van der Waals surface area contributed by atoms with Gasteiger partial charge in [-0.2, -0.15) is 0 Å². The van der Waals surface area contributed by atoms with Gasteiger partial charge in [-0.05, 0) is 42.5 Å². The van der Waals surface area contributed by atoms with Crippen molar-refractivity contribution >= 4 is 27.6 Å². The molecule has 0 fully saturated rings. The number of amides is 1. The van der Waals surface area contributed by atoms with Crippen molar-refractivity contribution in [2.75, 3.05) is 32.1 Å². The Balaban J connectivity index is 2.15. The molecule has 0 unspecified atom stereocenters. The van der Waals surface area contributed by atoms with Gasteiger partial charge in [0, 0.05) is 24.9 Å². The molecule has 9 heteroatoms. The summed E-state index contributed by atoms with van der Waals surface area (Å²) in [6, 6.07) is 11.5. The fourth-order valence-electron chi connectivity index (χ4n) is 2.18. The first-order valence-corrected chi connectivity index (χ1v) is 9.44. The van der Waals surface area contributed by atoms with Crippen LogP contribution in [0.5, 0.6) is 0 Å². The number of sulfonamides is 1. The lowest BCUT2D eigenvalue weighted by Crippen LogP contribution is -2.27. The highest BCUT2D eigenvalue weighted by Crippen LogP contribution is 2.18. The predicted molar refractivity (Wildman–Crippen MR) is 99.2 cm³/mol. The second kappa shape index (κ2) is 9.15. The topological polar surface area (TPSA) is 111 Å². The molecule has 2 aromatic rings. The zero-order chi connectivity index (χ0) is 19.9. The molecule has 0 heterocycles. The summed E-state index contributed by atoms with van der Waals surface area (Å²) in [6.07, 6.45) is 0. The number of anilines is 1. The Morgan fingerprint density at radius 1 is 1.00 bits per heavy atom. The first-order chi connectivity index (χ1) is 12.9. The number of rotatable bonds is 8. The summed E-state index contributed by atoms with van der Waals surface area (Å²) in [5.74, 6) is -0.914. The fourth-order valence-corrected chi connectivity index (χ4v) is 3.28. The number of benzene rings is 2. The van der Waals surface area contributed by atoms with Gasteiger partial charge in [-0.1, -0.05) is 6.07 Å². The molecule has 0 spiro atoms. The van der Waals surface area contributed by atoms with Crippen molar-refractivity contribution in [3.8, 4) is 0 Å². The Hall–Kier alpha value is -2.91. The molecular formula is C18H20N2O6S. The highest BCUT2D eigenvalue weighted by Gasteiger charge is 2.17. The van der Waals surface area contributed by atoms with Gasteiger partial charge in [0.05, 0.1) is 24.2 Å². The smallest absolute Gasteiger partial charge is 0.337 e. The maximum absolute atomic E-state index is 12.6. The van der Waals surface area contributed by atoms with Crippen LogP contribution in [0.4, 0.5) is 5.69 Å². The monoisotopic (exact) mass is 392 g/mol. The maximum atomic E-state index is 12.6. The van der Waals surface area contributed by atoms with Gasteiger partial charge in [0.2, 0.25) is 0 Å². The van der Waals surface area contributed by atoms with Crippen LogP contribution in [0.1, 0.15) is 20.7 Å². The summed E-state index contributed by atoms with van der Waals surface area (Å²) in [5, 5.41) is 2.63. The number of esters is 1. The summed E-state index contributed by atoms with van der Waals surface area (Å²) in [4.78, 5) is 23.4. The van der Waals surface area contributed by atoms with Crippen LogP contribution >= 0.6 is 0 Å². The lowest BCUT2D eigenvalue weighted by Gasteiger charge is -2.10. The van der Waals surface area contributed by atoms with Crippen LogP contribution in [-0.2, 0) is 19.5 Å². The molecule has 0 bridgehead atoms. The van der Waals surface area contributed by atoms with Gasteiger partial charge in [0.25, 0.3) is 15.9 Å². The Morgan fingerprint density at radius 3 is 2.33 bits per heavy atom. The molecule has 2 aromatic carbocycles. The summed E-state index contributed by atoms with van der Waals surface area (Å²) in [6.45, 7) is 0.671. The molecule has 0 aliphatic carbocycles. The number of nitrogens with one attached hydrogen (secondary N) is 2. The van der Waals surface area contributed by atoms with Crippen LogP contribution in [0.15, 0.2) is 53.4 Å². The molecule has 2 rings (SSSR count). The van der Waals surface area contributed by atoms with E-state index in [0.717, 1.165) is 0 Å². The number of carbonyl (C=O) groups excluding carboxylic acids is 2. The van der Waals surface area contributed by atoms with E-state index in [1.54, 1.807) is 0 Å². The normalized spacial score (nSPS) is 10.9. The molecule has 0 aliphatic heterocycles. The Labute approximate surface area is 157 Å². The molecule has 27 heavy (non-hydrogen) atoms. The van der Waals surface area contributed by atoms with Crippen LogP contribution in [0.2, 0.25) is 0 Å². The SMILES string of the molecule is COCCNC(=O)c1cccc(S(=O)(=O)Nc2ccc(C(=O)OC)cc2)c1. The third kappa shape index (κ3) is 5.53. The molecule has 0 atom stereocenters. The van der Waals surface area contributed by atoms with Crippen molar-refractivity contribution in [1.29, 1.82) is 0 Å². The first-order valence-electron chi connectivity index (χ1n) is 7.96. The van der Waals surface area contributed by atoms with E-state index in [4.69, 9.17) is 4.74 Å². The molecule has 0 saturated heterocycles. The largest absolute Gasteiger partial charge is 0.465 e. The molecule has 0 aromatic heterocycles. The first kappa shape index (κ1) is 20.4. The second-order valence-corrected chi connectivity index (χ2v) is 7.13. The van der Waals surface area contributed by atoms with E-state index in [1.165, 1.54) is 62.8 Å². The zero-order valence-corrected chi connectivity index (χ0v) is 15.7. The number of hydrogen-bond donors (Lipinski definition) is 2. The molecule has 1 amide bonds. The Kier molecular flexibility index (Phi) is 6.91. The van der Waals surface area contributed by atoms with Crippen molar-refractivity contribution in [2.45, 2.75) is 4.90 Å². The number of carbonyl (C=O) groups is 2. The average Bonchev–Trinajstić information content (AvgIpc) is 2.68. The number of hydrogen-bond acceptors (Lipinski definition) is 6. The third-order valence-electron chi connectivity index (χ3n) is 3.56. The van der Waals surface area contributed by atoms with E-state index < -0.39 is 21.9 Å². The van der Waals surface area contributed by atoms with E-state index >= 15 is 0 Å². The molecule has 144 valence electrons. The van der Waals surface area contributed by atoms with Crippen molar-refractivity contribution in [1.82, 2.24) is 5.32 Å². The molecule has 8 nitrogen and oxygen atoms in total. The standard InChI is InChI=1S/C18H20N2O6S/c1-25-11-10-19-17(21)14-4-3-5-16(12-14)27(23,24)20-15-8-6-13(7-9-15)18(22)26-2/h3-9,12,20H,10-11H2,1-2H3,(H,19,21). The molecule has 0 radical (unpaired) electrons. The van der Waals surface area contributed by atoms with Crippen LogP contribution in [0.3, 0.4) is 0 Å². The van der Waals surface area contributed by atoms with Crippen LogP contribution in [0.25, 0.3) is 0 Å². The average molecular weight is 392 g/mol. The number of methoxy groups -OCH3 is 2. The predicted octanol–water partition coefficient (Wildman–Crippen LogP) is 1.65. The highest BCUT2D eigenvalue weighted by molar-refractivity contribution is 7.92. The summed E-state index contributed by atoms with van der Waals surface area (Å²) < 4.78 is 37.0. The highest BCUT2D eigenvalue weighted by atomic mass is 32.2. The Bertz CT molecular complexity index is 910. The molecular weight excluding hydrogens is 372 g/mol. The second-order valence-electron chi connectivity index (χ2n) is 5.45. The molecule has 2 N–H and O–H groups in total. The minimum absolute atomic E-state index is 0.0565. The lowest BCUT2D eigenvalue weighted by atomic mass is 10.2. The van der Waals surface area contributed by atoms with Gasteiger partial charge >= 0.3 is 5.97 Å². The van der Waals surface area contributed by atoms with Crippen molar-refractivity contribution in [2.24, 2.45) is 0 Å². The van der Waals surface area contributed by atoms with Gasteiger partial charge in [-0.25, -0.2) is 13.2 Å². The molecule has 0 aliphatic rings. The quantitative estimate of drug-likeness (QED) is 0.522. The molecule has 0 saturated carbocycles. The summed E-state index contributed by atoms with van der Waals surface area (Å²) in [5.41, 5.74) is 0.794. The van der Waals surface area contributed by atoms with Gasteiger partial charge in [-0.15, -0.1) is 0 Å². The van der Waals surface area contributed by atoms with Crippen LogP contribution in [0, 0.1) is 0 Å². The van der Waals surface area contributed by atoms with Crippen molar-refractivity contribution in [3.05, 3.63) is 59.7 Å². The van der Waals surface area contributed by atoms with E-state index in [2.05, 4.69) is 14.8 Å². The lowest BCUT2D eigenvalue weighted by molar-refractivity contribution is 0.0600. The zero-order valence-electron chi connectivity index (χ0n) is 14.9. The van der Waals surface area contributed by atoms with Crippen molar-refractivity contribution in [3.63, 3.8) is 0 Å². The van der Waals surface area contributed by atoms with E-state index in [1.807, 2.05) is 0 Å². The van der Waals surface area contributed by atoms with Gasteiger partial charge in [-0.3, -0.25) is 9.52 Å². The minimum atomic E-state index is -3.90. The fraction of sp³-hybridized carbons (Fsp3) is 0.222. The van der Waals surface area contributed by atoms with Crippen LogP contribution < -0.4 is 10.0 Å². The third-order valence-corrected chi connectivity index (χ3v) is 4.94. The van der Waals surface area contributed by atoms with Gasteiger partial charge in [0.1, 0.15) is 0 Å². The summed E-state index contributed by atoms with van der Waals surface area (Å²) >= 11 is 0. The van der Waals surface area contributed by atoms with Crippen molar-refractivity contribution < 1.29 is 27.5 Å². The Morgan fingerprint density at radius 2 is 1.70 bits per heavy atom.